The number of nitrogens with one attached hydrogen (secondary N) is 1. The van der Waals surface area contributed by atoms with Gasteiger partial charge in [0.15, 0.2) is 0 Å². The average molecular weight is 349 g/mol. The molecule has 1 aromatic carbocycles. The fourth-order valence-corrected chi connectivity index (χ4v) is 3.23. The smallest absolute Gasteiger partial charge is 0.241 e. The quantitative estimate of drug-likeness (QED) is 0.845. The predicted octanol–water partition coefficient (Wildman–Crippen LogP) is 1.55. The highest BCUT2D eigenvalue weighted by molar-refractivity contribution is 9.10. The van der Waals surface area contributed by atoms with E-state index >= 15 is 0 Å². The van der Waals surface area contributed by atoms with E-state index in [9.17, 15) is 13.2 Å². The summed E-state index contributed by atoms with van der Waals surface area (Å²) in [6.45, 7) is 5.24. The van der Waals surface area contributed by atoms with Crippen LogP contribution in [0, 0.1) is 12.8 Å². The molecular weight excluding hydrogens is 332 g/mol. The zero-order valence-electron chi connectivity index (χ0n) is 11.0. The lowest BCUT2D eigenvalue weighted by Crippen LogP contribution is -2.47. The number of primary amides is 1. The molecule has 19 heavy (non-hydrogen) atoms. The Hall–Kier alpha value is -0.920. The van der Waals surface area contributed by atoms with Gasteiger partial charge in [-0.15, -0.1) is 0 Å². The largest absolute Gasteiger partial charge is 0.368 e. The maximum atomic E-state index is 12.2. The Morgan fingerprint density at radius 1 is 1.37 bits per heavy atom. The van der Waals surface area contributed by atoms with Gasteiger partial charge in [-0.2, -0.15) is 4.72 Å². The van der Waals surface area contributed by atoms with Crippen LogP contribution in [0.1, 0.15) is 19.4 Å². The second-order valence-corrected chi connectivity index (χ2v) is 7.22. The van der Waals surface area contributed by atoms with Crippen molar-refractivity contribution >= 4 is 31.9 Å². The molecule has 0 spiro atoms. The molecule has 0 aliphatic rings. The van der Waals surface area contributed by atoms with Crippen molar-refractivity contribution in [3.63, 3.8) is 0 Å². The van der Waals surface area contributed by atoms with Crippen molar-refractivity contribution in [2.24, 2.45) is 11.7 Å². The summed E-state index contributed by atoms with van der Waals surface area (Å²) in [5.41, 5.74) is 6.00. The van der Waals surface area contributed by atoms with E-state index in [1.165, 1.54) is 12.1 Å². The highest BCUT2D eigenvalue weighted by Gasteiger charge is 2.26. The Morgan fingerprint density at radius 3 is 2.37 bits per heavy atom. The lowest BCUT2D eigenvalue weighted by Gasteiger charge is -2.19. The van der Waals surface area contributed by atoms with Crippen molar-refractivity contribution in [2.75, 3.05) is 0 Å². The monoisotopic (exact) mass is 348 g/mol. The number of halogens is 1. The third-order valence-corrected chi connectivity index (χ3v) is 5.02. The second kappa shape index (κ2) is 6.02. The van der Waals surface area contributed by atoms with E-state index in [4.69, 9.17) is 5.73 Å². The Balaban J connectivity index is 3.10. The summed E-state index contributed by atoms with van der Waals surface area (Å²) in [4.78, 5) is 11.4. The van der Waals surface area contributed by atoms with Gasteiger partial charge in [0.2, 0.25) is 15.9 Å². The first-order valence-electron chi connectivity index (χ1n) is 5.73. The molecule has 1 rings (SSSR count). The van der Waals surface area contributed by atoms with Gasteiger partial charge < -0.3 is 5.73 Å². The molecule has 0 radical (unpaired) electrons. The minimum Gasteiger partial charge on any atom is -0.368 e. The molecule has 1 amide bonds. The van der Waals surface area contributed by atoms with E-state index in [-0.39, 0.29) is 10.8 Å². The van der Waals surface area contributed by atoms with E-state index < -0.39 is 22.0 Å². The summed E-state index contributed by atoms with van der Waals surface area (Å²) in [7, 11) is -3.76. The number of carbonyl (C=O) groups is 1. The lowest BCUT2D eigenvalue weighted by molar-refractivity contribution is -0.120. The maximum absolute atomic E-state index is 12.2. The zero-order valence-corrected chi connectivity index (χ0v) is 13.4. The molecule has 0 heterocycles. The van der Waals surface area contributed by atoms with Crippen LogP contribution in [0.3, 0.4) is 0 Å². The summed E-state index contributed by atoms with van der Waals surface area (Å²) >= 11 is 3.30. The molecule has 0 fully saturated rings. The van der Waals surface area contributed by atoms with Crippen molar-refractivity contribution in [1.29, 1.82) is 0 Å². The molecular formula is C12H17BrN2O3S. The molecule has 0 saturated carbocycles. The fourth-order valence-electron chi connectivity index (χ4n) is 1.54. The maximum Gasteiger partial charge on any atom is 0.241 e. The molecule has 0 aliphatic carbocycles. The molecule has 106 valence electrons. The Bertz CT molecular complexity index is 585. The summed E-state index contributed by atoms with van der Waals surface area (Å²) in [5.74, 6) is -0.906. The van der Waals surface area contributed by atoms with Gasteiger partial charge in [0.1, 0.15) is 6.04 Å². The van der Waals surface area contributed by atoms with E-state index in [0.29, 0.717) is 0 Å². The first-order valence-corrected chi connectivity index (χ1v) is 8.00. The molecule has 3 N–H and O–H groups in total. The van der Waals surface area contributed by atoms with Gasteiger partial charge in [-0.25, -0.2) is 8.42 Å². The Kier molecular flexibility index (Phi) is 5.11. The minimum atomic E-state index is -3.76. The van der Waals surface area contributed by atoms with Gasteiger partial charge in [0, 0.05) is 4.47 Å². The first-order chi connectivity index (χ1) is 8.65. The number of nitrogens with two attached hydrogens (primary N) is 1. The third kappa shape index (κ3) is 4.02. The van der Waals surface area contributed by atoms with Crippen LogP contribution in [0.15, 0.2) is 27.6 Å². The topological polar surface area (TPSA) is 89.3 Å². The van der Waals surface area contributed by atoms with E-state index in [1.54, 1.807) is 26.8 Å². The van der Waals surface area contributed by atoms with Crippen molar-refractivity contribution in [3.05, 3.63) is 28.2 Å². The first kappa shape index (κ1) is 16.1. The van der Waals surface area contributed by atoms with Crippen LogP contribution >= 0.6 is 15.9 Å². The van der Waals surface area contributed by atoms with Crippen LogP contribution in [0.25, 0.3) is 0 Å². The number of carbonyl (C=O) groups excluding carboxylic acids is 1. The molecule has 1 unspecified atom stereocenters. The standard InChI is InChI=1S/C12H17BrN2O3S/c1-7(2)11(12(14)16)15-19(17,18)9-4-5-10(13)8(3)6-9/h4-7,11,15H,1-3H3,(H2,14,16). The summed E-state index contributed by atoms with van der Waals surface area (Å²) in [6.07, 6.45) is 0. The van der Waals surface area contributed by atoms with Crippen molar-refractivity contribution in [1.82, 2.24) is 4.72 Å². The lowest BCUT2D eigenvalue weighted by atomic mass is 10.1. The van der Waals surface area contributed by atoms with E-state index in [2.05, 4.69) is 20.7 Å². The van der Waals surface area contributed by atoms with Crippen molar-refractivity contribution < 1.29 is 13.2 Å². The van der Waals surface area contributed by atoms with Gasteiger partial charge in [-0.05, 0) is 36.6 Å². The van der Waals surface area contributed by atoms with Gasteiger partial charge in [-0.1, -0.05) is 29.8 Å². The number of benzene rings is 1. The number of sulfonamides is 1. The third-order valence-electron chi connectivity index (χ3n) is 2.70. The Morgan fingerprint density at radius 2 is 1.95 bits per heavy atom. The van der Waals surface area contributed by atoms with Crippen LogP contribution in [0.2, 0.25) is 0 Å². The zero-order chi connectivity index (χ0) is 14.8. The van der Waals surface area contributed by atoms with E-state index in [0.717, 1.165) is 10.0 Å². The molecule has 0 saturated heterocycles. The molecule has 0 aliphatic heterocycles. The van der Waals surface area contributed by atoms with Gasteiger partial charge >= 0.3 is 0 Å². The molecule has 1 atom stereocenters. The Labute approximate surface area is 121 Å². The number of amides is 1. The SMILES string of the molecule is Cc1cc(S(=O)(=O)NC(C(N)=O)C(C)C)ccc1Br. The van der Waals surface area contributed by atoms with Gasteiger partial charge in [-0.3, -0.25) is 4.79 Å². The van der Waals surface area contributed by atoms with Crippen LogP contribution < -0.4 is 10.5 Å². The highest BCUT2D eigenvalue weighted by Crippen LogP contribution is 2.20. The van der Waals surface area contributed by atoms with Gasteiger partial charge in [0.25, 0.3) is 0 Å². The number of aryl methyl sites for hydroxylation is 1. The molecule has 0 aromatic heterocycles. The van der Waals surface area contributed by atoms with Crippen LogP contribution in [0.4, 0.5) is 0 Å². The molecule has 5 nitrogen and oxygen atoms in total. The summed E-state index contributed by atoms with van der Waals surface area (Å²) in [5, 5.41) is 0. The van der Waals surface area contributed by atoms with Crippen molar-refractivity contribution in [2.45, 2.75) is 31.7 Å². The molecule has 1 aromatic rings. The van der Waals surface area contributed by atoms with Crippen LogP contribution in [-0.4, -0.2) is 20.4 Å². The number of rotatable bonds is 5. The van der Waals surface area contributed by atoms with Crippen molar-refractivity contribution in [3.8, 4) is 0 Å². The number of hydrogen-bond acceptors (Lipinski definition) is 3. The molecule has 7 heteroatoms. The summed E-state index contributed by atoms with van der Waals surface area (Å²) < 4.78 is 27.5. The fraction of sp³-hybridized carbons (Fsp3) is 0.417. The average Bonchev–Trinajstić information content (AvgIpc) is 2.28. The predicted molar refractivity (Wildman–Crippen MR) is 77.0 cm³/mol. The second-order valence-electron chi connectivity index (χ2n) is 4.66. The highest BCUT2D eigenvalue weighted by atomic mass is 79.9. The minimum absolute atomic E-state index is 0.111. The van der Waals surface area contributed by atoms with Gasteiger partial charge in [0.05, 0.1) is 4.90 Å². The van der Waals surface area contributed by atoms with Crippen LogP contribution in [0.5, 0.6) is 0 Å². The summed E-state index contributed by atoms with van der Waals surface area (Å²) in [6, 6.07) is 3.73. The normalized spacial score (nSPS) is 13.5. The number of hydrogen-bond donors (Lipinski definition) is 2. The van der Waals surface area contributed by atoms with Crippen LogP contribution in [-0.2, 0) is 14.8 Å². The van der Waals surface area contributed by atoms with E-state index in [1.807, 2.05) is 0 Å². The molecule has 0 bridgehead atoms.